The molecule has 2 aromatic heterocycles. The molecule has 5 heteroatoms. The Balaban J connectivity index is 1.52. The maximum absolute atomic E-state index is 11.5. The fraction of sp³-hybridized carbons (Fsp3) is 0.273. The number of aromatic nitrogens is 2. The standard InChI is InChI=1S/C22H24N2O3/c1-2-17-5-8-19(23-16-17)11-14-27-20-9-6-18(7-10-20)15-21(22(25)26)24-12-3-4-13-24/h3-10,12-13,16,21H,2,11,14-15H2,1H3,(H,25,26)/t21-/m0/s1. The molecule has 0 aliphatic rings. The van der Waals surface area contributed by atoms with E-state index in [2.05, 4.69) is 18.0 Å². The maximum Gasteiger partial charge on any atom is 0.327 e. The molecular weight excluding hydrogens is 340 g/mol. The van der Waals surface area contributed by atoms with Crippen LogP contribution in [-0.4, -0.2) is 27.2 Å². The fourth-order valence-corrected chi connectivity index (χ4v) is 2.91. The second-order valence-electron chi connectivity index (χ2n) is 6.44. The molecule has 0 unspecified atom stereocenters. The lowest BCUT2D eigenvalue weighted by Crippen LogP contribution is -2.20. The number of pyridine rings is 1. The molecule has 0 saturated carbocycles. The van der Waals surface area contributed by atoms with E-state index < -0.39 is 12.0 Å². The van der Waals surface area contributed by atoms with Crippen molar-refractivity contribution < 1.29 is 14.6 Å². The average molecular weight is 364 g/mol. The van der Waals surface area contributed by atoms with Crippen LogP contribution in [0.3, 0.4) is 0 Å². The minimum Gasteiger partial charge on any atom is -0.493 e. The van der Waals surface area contributed by atoms with Gasteiger partial charge in [-0.3, -0.25) is 4.98 Å². The van der Waals surface area contributed by atoms with Gasteiger partial charge in [0, 0.05) is 37.1 Å². The zero-order chi connectivity index (χ0) is 19.1. The van der Waals surface area contributed by atoms with E-state index in [0.717, 1.165) is 29.8 Å². The smallest absolute Gasteiger partial charge is 0.327 e. The summed E-state index contributed by atoms with van der Waals surface area (Å²) in [4.78, 5) is 16.0. The summed E-state index contributed by atoms with van der Waals surface area (Å²) in [6, 6.07) is 14.8. The molecule has 27 heavy (non-hydrogen) atoms. The third-order valence-electron chi connectivity index (χ3n) is 4.55. The SMILES string of the molecule is CCc1ccc(CCOc2ccc(C[C@@H](C(=O)O)n3cccc3)cc2)nc1. The highest BCUT2D eigenvalue weighted by Gasteiger charge is 2.18. The molecule has 2 heterocycles. The molecule has 0 aliphatic carbocycles. The third kappa shape index (κ3) is 5.20. The molecule has 0 bridgehead atoms. The molecule has 3 rings (SSSR count). The van der Waals surface area contributed by atoms with Gasteiger partial charge in [0.1, 0.15) is 11.8 Å². The van der Waals surface area contributed by atoms with Crippen molar-refractivity contribution in [1.82, 2.24) is 9.55 Å². The van der Waals surface area contributed by atoms with Crippen molar-refractivity contribution in [2.45, 2.75) is 32.2 Å². The number of nitrogens with zero attached hydrogens (tertiary/aromatic N) is 2. The first-order valence-corrected chi connectivity index (χ1v) is 9.16. The van der Waals surface area contributed by atoms with Gasteiger partial charge in [-0.05, 0) is 47.9 Å². The molecule has 3 aromatic rings. The first kappa shape index (κ1) is 18.7. The van der Waals surface area contributed by atoms with Crippen LogP contribution in [0, 0.1) is 0 Å². The molecular formula is C22H24N2O3. The Hall–Kier alpha value is -3.08. The quantitative estimate of drug-likeness (QED) is 0.625. The van der Waals surface area contributed by atoms with Crippen molar-refractivity contribution in [2.24, 2.45) is 0 Å². The van der Waals surface area contributed by atoms with E-state index in [4.69, 9.17) is 4.74 Å². The van der Waals surface area contributed by atoms with Gasteiger partial charge in [-0.1, -0.05) is 25.1 Å². The number of rotatable bonds is 9. The number of aliphatic carboxylic acids is 1. The molecule has 0 amide bonds. The predicted octanol–water partition coefficient (Wildman–Crippen LogP) is 3.94. The molecule has 0 saturated heterocycles. The highest BCUT2D eigenvalue weighted by molar-refractivity contribution is 5.72. The summed E-state index contributed by atoms with van der Waals surface area (Å²) in [6.45, 7) is 2.67. The minimum atomic E-state index is -0.840. The van der Waals surface area contributed by atoms with Crippen molar-refractivity contribution in [3.8, 4) is 5.75 Å². The highest BCUT2D eigenvalue weighted by Crippen LogP contribution is 2.19. The van der Waals surface area contributed by atoms with Gasteiger partial charge >= 0.3 is 5.97 Å². The Morgan fingerprint density at radius 1 is 1.11 bits per heavy atom. The lowest BCUT2D eigenvalue weighted by molar-refractivity contribution is -0.140. The molecule has 1 aromatic carbocycles. The van der Waals surface area contributed by atoms with Crippen LogP contribution < -0.4 is 4.74 Å². The van der Waals surface area contributed by atoms with Crippen molar-refractivity contribution in [1.29, 1.82) is 0 Å². The second-order valence-corrected chi connectivity index (χ2v) is 6.44. The van der Waals surface area contributed by atoms with E-state index in [-0.39, 0.29) is 0 Å². The van der Waals surface area contributed by atoms with Crippen LogP contribution in [0.4, 0.5) is 0 Å². The maximum atomic E-state index is 11.5. The van der Waals surface area contributed by atoms with Gasteiger partial charge < -0.3 is 14.4 Å². The number of aryl methyl sites for hydroxylation is 1. The summed E-state index contributed by atoms with van der Waals surface area (Å²) < 4.78 is 7.50. The van der Waals surface area contributed by atoms with Gasteiger partial charge in [-0.25, -0.2) is 4.79 Å². The van der Waals surface area contributed by atoms with Crippen molar-refractivity contribution in [3.63, 3.8) is 0 Å². The van der Waals surface area contributed by atoms with E-state index in [1.807, 2.05) is 48.7 Å². The molecule has 1 atom stereocenters. The van der Waals surface area contributed by atoms with Crippen molar-refractivity contribution >= 4 is 5.97 Å². The van der Waals surface area contributed by atoms with E-state index in [1.54, 1.807) is 17.0 Å². The first-order valence-electron chi connectivity index (χ1n) is 9.16. The predicted molar refractivity (Wildman–Crippen MR) is 104 cm³/mol. The molecule has 140 valence electrons. The lowest BCUT2D eigenvalue weighted by Gasteiger charge is -2.15. The number of carbonyl (C=O) groups is 1. The number of ether oxygens (including phenoxy) is 1. The summed E-state index contributed by atoms with van der Waals surface area (Å²) >= 11 is 0. The Morgan fingerprint density at radius 2 is 1.81 bits per heavy atom. The summed E-state index contributed by atoms with van der Waals surface area (Å²) in [5, 5.41) is 9.47. The normalized spacial score (nSPS) is 11.9. The van der Waals surface area contributed by atoms with Crippen molar-refractivity contribution in [3.05, 3.63) is 83.9 Å². The lowest BCUT2D eigenvalue weighted by atomic mass is 10.1. The number of hydrogen-bond donors (Lipinski definition) is 1. The van der Waals surface area contributed by atoms with Crippen LogP contribution in [-0.2, 0) is 24.1 Å². The van der Waals surface area contributed by atoms with Gasteiger partial charge in [-0.2, -0.15) is 0 Å². The Bertz CT molecular complexity index is 840. The van der Waals surface area contributed by atoms with E-state index in [0.29, 0.717) is 13.0 Å². The number of carboxylic acids is 1. The van der Waals surface area contributed by atoms with Gasteiger partial charge in [0.25, 0.3) is 0 Å². The van der Waals surface area contributed by atoms with Crippen LogP contribution in [0.5, 0.6) is 5.75 Å². The summed E-state index contributed by atoms with van der Waals surface area (Å²) in [5.74, 6) is -0.0649. The number of carboxylic acid groups (broad SMARTS) is 1. The fourth-order valence-electron chi connectivity index (χ4n) is 2.91. The minimum absolute atomic E-state index is 0.429. The van der Waals surface area contributed by atoms with Crippen LogP contribution in [0.1, 0.15) is 29.8 Å². The van der Waals surface area contributed by atoms with Gasteiger partial charge in [0.05, 0.1) is 6.61 Å². The largest absolute Gasteiger partial charge is 0.493 e. The van der Waals surface area contributed by atoms with Crippen LogP contribution >= 0.6 is 0 Å². The molecule has 5 nitrogen and oxygen atoms in total. The summed E-state index contributed by atoms with van der Waals surface area (Å²) in [5.41, 5.74) is 3.20. The highest BCUT2D eigenvalue weighted by atomic mass is 16.5. The molecule has 0 fully saturated rings. The average Bonchev–Trinajstić information content (AvgIpc) is 3.22. The Morgan fingerprint density at radius 3 is 2.41 bits per heavy atom. The van der Waals surface area contributed by atoms with E-state index >= 15 is 0 Å². The molecule has 0 radical (unpaired) electrons. The Kier molecular flexibility index (Phi) is 6.26. The molecule has 0 spiro atoms. The van der Waals surface area contributed by atoms with E-state index in [1.165, 1.54) is 5.56 Å². The topological polar surface area (TPSA) is 64.3 Å². The van der Waals surface area contributed by atoms with Gasteiger partial charge in [-0.15, -0.1) is 0 Å². The third-order valence-corrected chi connectivity index (χ3v) is 4.55. The zero-order valence-electron chi connectivity index (χ0n) is 15.4. The number of hydrogen-bond acceptors (Lipinski definition) is 3. The van der Waals surface area contributed by atoms with Gasteiger partial charge in [0.2, 0.25) is 0 Å². The summed E-state index contributed by atoms with van der Waals surface area (Å²) in [6.07, 6.45) is 7.63. The second kappa shape index (κ2) is 9.03. The number of benzene rings is 1. The Labute approximate surface area is 159 Å². The van der Waals surface area contributed by atoms with E-state index in [9.17, 15) is 9.90 Å². The van der Waals surface area contributed by atoms with Gasteiger partial charge in [0.15, 0.2) is 0 Å². The summed E-state index contributed by atoms with van der Waals surface area (Å²) in [7, 11) is 0. The van der Waals surface area contributed by atoms with Crippen molar-refractivity contribution in [2.75, 3.05) is 6.61 Å². The molecule has 1 N–H and O–H groups in total. The monoisotopic (exact) mass is 364 g/mol. The first-order chi connectivity index (χ1) is 13.2. The zero-order valence-corrected chi connectivity index (χ0v) is 15.4. The van der Waals surface area contributed by atoms with Crippen LogP contribution in [0.25, 0.3) is 0 Å². The van der Waals surface area contributed by atoms with Crippen LogP contribution in [0.2, 0.25) is 0 Å². The molecule has 0 aliphatic heterocycles. The van der Waals surface area contributed by atoms with Crippen LogP contribution in [0.15, 0.2) is 67.1 Å².